The summed E-state index contributed by atoms with van der Waals surface area (Å²) in [6.07, 6.45) is 2.49. The molecule has 0 saturated carbocycles. The van der Waals surface area contributed by atoms with Gasteiger partial charge in [-0.15, -0.1) is 0 Å². The highest BCUT2D eigenvalue weighted by Crippen LogP contribution is 2.26. The van der Waals surface area contributed by atoms with Crippen molar-refractivity contribution in [1.82, 2.24) is 9.88 Å². The van der Waals surface area contributed by atoms with Gasteiger partial charge in [0, 0.05) is 36.7 Å². The van der Waals surface area contributed by atoms with Crippen LogP contribution in [0.15, 0.2) is 58.4 Å². The van der Waals surface area contributed by atoms with Gasteiger partial charge in [0.15, 0.2) is 0 Å². The molecule has 0 aliphatic carbocycles. The Morgan fingerprint density at radius 3 is 2.47 bits per heavy atom. The number of sulfonamides is 1. The molecule has 1 amide bonds. The Hall–Kier alpha value is -3.13. The Labute approximate surface area is 200 Å². The lowest BCUT2D eigenvalue weighted by Crippen LogP contribution is -2.44. The first-order valence-electron chi connectivity index (χ1n) is 11.7. The number of hydrogen-bond acceptors (Lipinski definition) is 4. The van der Waals surface area contributed by atoms with Crippen LogP contribution in [0.2, 0.25) is 0 Å². The molecule has 1 aromatic heterocycles. The van der Waals surface area contributed by atoms with Crippen molar-refractivity contribution in [3.63, 3.8) is 0 Å². The maximum Gasteiger partial charge on any atom is 0.264 e. The predicted molar refractivity (Wildman–Crippen MR) is 135 cm³/mol. The molecule has 2 unspecified atom stereocenters. The standard InChI is InChI=1S/C26H31N3O4S/c1-5-29(20-8-6-7-17(2)12-20)34(32,33)21-9-10-24-22(13-21)25(30)23(14-27-24)26(31)28-15-18(3)11-19(4)16-28/h6-10,12-14,18-19H,5,11,15-16H2,1-4H3,(H,27,30). The van der Waals surface area contributed by atoms with E-state index in [1.54, 1.807) is 24.0 Å². The first-order chi connectivity index (χ1) is 16.1. The van der Waals surface area contributed by atoms with Crippen LogP contribution in [0.4, 0.5) is 5.69 Å². The number of carbonyl (C=O) groups is 1. The highest BCUT2D eigenvalue weighted by molar-refractivity contribution is 7.92. The van der Waals surface area contributed by atoms with Crippen LogP contribution in [-0.2, 0) is 10.0 Å². The van der Waals surface area contributed by atoms with Crippen LogP contribution in [0.3, 0.4) is 0 Å². The highest BCUT2D eigenvalue weighted by Gasteiger charge is 2.29. The van der Waals surface area contributed by atoms with Gasteiger partial charge in [0.25, 0.3) is 15.9 Å². The lowest BCUT2D eigenvalue weighted by molar-refractivity contribution is 0.0621. The Balaban J connectivity index is 1.75. The number of likely N-dealkylation sites (tertiary alicyclic amines) is 1. The summed E-state index contributed by atoms with van der Waals surface area (Å²) in [4.78, 5) is 31.3. The van der Waals surface area contributed by atoms with Crippen molar-refractivity contribution < 1.29 is 13.2 Å². The average Bonchev–Trinajstić information content (AvgIpc) is 2.78. The zero-order valence-corrected chi connectivity index (χ0v) is 20.9. The molecular formula is C26H31N3O4S. The van der Waals surface area contributed by atoms with Crippen molar-refractivity contribution in [2.75, 3.05) is 23.9 Å². The summed E-state index contributed by atoms with van der Waals surface area (Å²) >= 11 is 0. The zero-order chi connectivity index (χ0) is 24.6. The molecule has 0 radical (unpaired) electrons. The number of amides is 1. The molecule has 7 nitrogen and oxygen atoms in total. The lowest BCUT2D eigenvalue weighted by Gasteiger charge is -2.34. The number of piperidine rings is 1. The van der Waals surface area contributed by atoms with E-state index in [1.807, 2.05) is 25.1 Å². The monoisotopic (exact) mass is 481 g/mol. The molecule has 34 heavy (non-hydrogen) atoms. The van der Waals surface area contributed by atoms with Gasteiger partial charge in [-0.05, 0) is 68.0 Å². The number of pyridine rings is 1. The molecule has 1 N–H and O–H groups in total. The normalized spacial score (nSPS) is 18.8. The quantitative estimate of drug-likeness (QED) is 0.592. The summed E-state index contributed by atoms with van der Waals surface area (Å²) in [5.41, 5.74) is 1.58. The van der Waals surface area contributed by atoms with E-state index >= 15 is 0 Å². The molecule has 3 aromatic rings. The van der Waals surface area contributed by atoms with Gasteiger partial charge in [-0.1, -0.05) is 26.0 Å². The third-order valence-electron chi connectivity index (χ3n) is 6.40. The third kappa shape index (κ3) is 4.46. The average molecular weight is 482 g/mol. The second-order valence-electron chi connectivity index (χ2n) is 9.40. The van der Waals surface area contributed by atoms with Crippen LogP contribution in [0.5, 0.6) is 0 Å². The number of rotatable bonds is 5. The first-order valence-corrected chi connectivity index (χ1v) is 13.1. The zero-order valence-electron chi connectivity index (χ0n) is 20.0. The number of aryl methyl sites for hydroxylation is 1. The Bertz CT molecular complexity index is 1390. The molecule has 2 atom stereocenters. The lowest BCUT2D eigenvalue weighted by atomic mass is 9.91. The number of hydrogen-bond donors (Lipinski definition) is 1. The molecule has 180 valence electrons. The van der Waals surface area contributed by atoms with E-state index in [9.17, 15) is 18.0 Å². The maximum atomic E-state index is 13.5. The van der Waals surface area contributed by atoms with Crippen LogP contribution in [0.1, 0.15) is 43.1 Å². The number of fused-ring (bicyclic) bond motifs is 1. The van der Waals surface area contributed by atoms with Crippen molar-refractivity contribution in [2.24, 2.45) is 11.8 Å². The molecule has 8 heteroatoms. The minimum absolute atomic E-state index is 0.0127. The second-order valence-corrected chi connectivity index (χ2v) is 11.3. The Morgan fingerprint density at radius 2 is 1.82 bits per heavy atom. The molecule has 1 aliphatic rings. The Kier molecular flexibility index (Phi) is 6.53. The fourth-order valence-electron chi connectivity index (χ4n) is 4.92. The number of aromatic amines is 1. The number of nitrogens with zero attached hydrogens (tertiary/aromatic N) is 2. The van der Waals surface area contributed by atoms with E-state index < -0.39 is 15.5 Å². The van der Waals surface area contributed by atoms with Crippen molar-refractivity contribution in [3.05, 3.63) is 70.0 Å². The van der Waals surface area contributed by atoms with Gasteiger partial charge in [-0.25, -0.2) is 8.42 Å². The van der Waals surface area contributed by atoms with Crippen molar-refractivity contribution in [1.29, 1.82) is 0 Å². The molecular weight excluding hydrogens is 450 g/mol. The summed E-state index contributed by atoms with van der Waals surface area (Å²) in [7, 11) is -3.91. The fraction of sp³-hybridized carbons (Fsp3) is 0.385. The van der Waals surface area contributed by atoms with Gasteiger partial charge in [-0.2, -0.15) is 0 Å². The highest BCUT2D eigenvalue weighted by atomic mass is 32.2. The molecule has 0 bridgehead atoms. The summed E-state index contributed by atoms with van der Waals surface area (Å²) in [6, 6.07) is 11.7. The van der Waals surface area contributed by atoms with E-state index in [4.69, 9.17) is 0 Å². The summed E-state index contributed by atoms with van der Waals surface area (Å²) in [5.74, 6) is 0.418. The van der Waals surface area contributed by atoms with Crippen LogP contribution in [0, 0.1) is 18.8 Å². The second kappa shape index (κ2) is 9.25. The van der Waals surface area contributed by atoms with E-state index in [2.05, 4.69) is 18.8 Å². The maximum absolute atomic E-state index is 13.5. The molecule has 2 aromatic carbocycles. The van der Waals surface area contributed by atoms with Gasteiger partial charge in [0.1, 0.15) is 5.56 Å². The smallest absolute Gasteiger partial charge is 0.264 e. The molecule has 4 rings (SSSR count). The molecule has 1 fully saturated rings. The summed E-state index contributed by atoms with van der Waals surface area (Å²) in [6.45, 7) is 9.34. The van der Waals surface area contributed by atoms with E-state index in [0.717, 1.165) is 12.0 Å². The third-order valence-corrected chi connectivity index (χ3v) is 8.30. The minimum Gasteiger partial charge on any atom is -0.360 e. The van der Waals surface area contributed by atoms with Crippen LogP contribution < -0.4 is 9.73 Å². The van der Waals surface area contributed by atoms with Gasteiger partial charge in [0.2, 0.25) is 5.43 Å². The summed E-state index contributed by atoms with van der Waals surface area (Å²) in [5, 5.41) is 0.185. The molecule has 0 spiro atoms. The van der Waals surface area contributed by atoms with Crippen molar-refractivity contribution >= 4 is 32.5 Å². The molecule has 1 saturated heterocycles. The van der Waals surface area contributed by atoms with Crippen molar-refractivity contribution in [2.45, 2.75) is 39.0 Å². The largest absolute Gasteiger partial charge is 0.360 e. The van der Waals surface area contributed by atoms with Crippen LogP contribution in [0.25, 0.3) is 10.9 Å². The minimum atomic E-state index is -3.91. The topological polar surface area (TPSA) is 90.6 Å². The number of nitrogens with one attached hydrogen (secondary N) is 1. The first kappa shape index (κ1) is 24.0. The number of carbonyl (C=O) groups excluding carboxylic acids is 1. The number of H-pyrrole nitrogens is 1. The van der Waals surface area contributed by atoms with E-state index in [1.165, 1.54) is 22.6 Å². The number of benzene rings is 2. The molecule has 1 aliphatic heterocycles. The SMILES string of the molecule is CCN(c1cccc(C)c1)S(=O)(=O)c1ccc2[nH]cc(C(=O)N3CC(C)CC(C)C3)c(=O)c2c1. The number of aromatic nitrogens is 1. The van der Waals surface area contributed by atoms with Gasteiger partial charge in [-0.3, -0.25) is 13.9 Å². The van der Waals surface area contributed by atoms with Gasteiger partial charge >= 0.3 is 0 Å². The molecule has 2 heterocycles. The van der Waals surface area contributed by atoms with Crippen molar-refractivity contribution in [3.8, 4) is 0 Å². The predicted octanol–water partition coefficient (Wildman–Crippen LogP) is 4.17. The Morgan fingerprint density at radius 1 is 1.12 bits per heavy atom. The van der Waals surface area contributed by atoms with Gasteiger partial charge < -0.3 is 9.88 Å². The number of anilines is 1. The fourth-order valence-corrected chi connectivity index (χ4v) is 6.41. The van der Waals surface area contributed by atoms with E-state index in [-0.39, 0.29) is 28.3 Å². The van der Waals surface area contributed by atoms with Gasteiger partial charge in [0.05, 0.1) is 10.6 Å². The van der Waals surface area contributed by atoms with E-state index in [0.29, 0.717) is 36.1 Å². The summed E-state index contributed by atoms with van der Waals surface area (Å²) < 4.78 is 28.3. The van der Waals surface area contributed by atoms with Crippen LogP contribution >= 0.6 is 0 Å². The van der Waals surface area contributed by atoms with Crippen LogP contribution in [-0.4, -0.2) is 43.8 Å².